The molecule has 0 heterocycles. The summed E-state index contributed by atoms with van der Waals surface area (Å²) in [6.45, 7) is 3.37. The van der Waals surface area contributed by atoms with Crippen LogP contribution in [0.2, 0.25) is 0 Å². The van der Waals surface area contributed by atoms with Crippen LogP contribution in [0.3, 0.4) is 0 Å². The summed E-state index contributed by atoms with van der Waals surface area (Å²) in [7, 11) is 0. The second-order valence-electron chi connectivity index (χ2n) is 6.04. The van der Waals surface area contributed by atoms with Gasteiger partial charge in [-0.2, -0.15) is 12.6 Å². The highest BCUT2D eigenvalue weighted by Crippen LogP contribution is 1.99. The lowest BCUT2D eigenvalue weighted by Crippen LogP contribution is -2.78. The molecule has 12 heteroatoms. The van der Waals surface area contributed by atoms with Crippen molar-refractivity contribution in [3.63, 3.8) is 0 Å². The number of hydrogen-bond donors (Lipinski definition) is 8. The van der Waals surface area contributed by atoms with Crippen molar-refractivity contribution in [2.75, 3.05) is 12.3 Å². The first-order valence-electron chi connectivity index (χ1n) is 8.47. The Bertz CT molecular complexity index is 554. The van der Waals surface area contributed by atoms with Crippen LogP contribution in [0, 0.1) is 0 Å². The number of hydrogen-bond acceptors (Lipinski definition) is 6. The third-order valence-corrected chi connectivity index (χ3v) is 3.88. The monoisotopic (exact) mass is 404 g/mol. The number of nitrogens with one attached hydrogen (secondary N) is 4. The van der Waals surface area contributed by atoms with Crippen molar-refractivity contribution >= 4 is 42.6 Å². The standard InChI is InChI=1S/C15H29N7O4S/c1-8(6-23)20-14(26)11(4-3-5-19-15(17)18)22-12(24)9(2)21-13(25)10(16)7-27/h6,8-11,27H,3-5,7,16H2,1-2H3,(H,20,26)(H,21,25)(H,22,24)(H4,17,18,19)/p+1/t8-,9-,10-,11-/m0/s1. The van der Waals surface area contributed by atoms with E-state index in [0.29, 0.717) is 19.3 Å². The van der Waals surface area contributed by atoms with Gasteiger partial charge in [-0.25, -0.2) is 0 Å². The molecule has 154 valence electrons. The van der Waals surface area contributed by atoms with Crippen LogP contribution in [0.15, 0.2) is 0 Å². The number of aldehydes is 1. The zero-order valence-corrected chi connectivity index (χ0v) is 16.4. The minimum atomic E-state index is -0.909. The molecule has 4 atom stereocenters. The lowest BCUT2D eigenvalue weighted by atomic mass is 10.1. The maximum atomic E-state index is 12.3. The molecule has 0 aliphatic heterocycles. The molecule has 0 radical (unpaired) electrons. The maximum Gasteiger partial charge on any atom is 0.338 e. The summed E-state index contributed by atoms with van der Waals surface area (Å²) >= 11 is 3.92. The van der Waals surface area contributed by atoms with Crippen molar-refractivity contribution in [3.8, 4) is 0 Å². The van der Waals surface area contributed by atoms with E-state index in [9.17, 15) is 19.2 Å². The fourth-order valence-electron chi connectivity index (χ4n) is 1.93. The highest BCUT2D eigenvalue weighted by atomic mass is 32.1. The van der Waals surface area contributed by atoms with E-state index >= 15 is 0 Å². The third kappa shape index (κ3) is 10.4. The van der Waals surface area contributed by atoms with Crippen molar-refractivity contribution in [3.05, 3.63) is 0 Å². The molecule has 0 rings (SSSR count). The second-order valence-corrected chi connectivity index (χ2v) is 6.40. The number of carbonyl (C=O) groups is 4. The predicted molar refractivity (Wildman–Crippen MR) is 103 cm³/mol. The lowest BCUT2D eigenvalue weighted by Gasteiger charge is -2.22. The van der Waals surface area contributed by atoms with Gasteiger partial charge in [-0.1, -0.05) is 0 Å². The van der Waals surface area contributed by atoms with Crippen LogP contribution in [0.4, 0.5) is 0 Å². The van der Waals surface area contributed by atoms with Crippen molar-refractivity contribution < 1.29 is 24.2 Å². The highest BCUT2D eigenvalue weighted by Gasteiger charge is 2.25. The Labute approximate surface area is 163 Å². The van der Waals surface area contributed by atoms with Crippen LogP contribution in [0.25, 0.3) is 0 Å². The van der Waals surface area contributed by atoms with Gasteiger partial charge in [0.05, 0.1) is 18.6 Å². The van der Waals surface area contributed by atoms with Gasteiger partial charge in [0, 0.05) is 5.75 Å². The van der Waals surface area contributed by atoms with Gasteiger partial charge in [0.15, 0.2) is 0 Å². The van der Waals surface area contributed by atoms with Crippen molar-refractivity contribution in [1.29, 1.82) is 0 Å². The van der Waals surface area contributed by atoms with E-state index in [4.69, 9.17) is 17.2 Å². The molecule has 0 aliphatic rings. The first-order valence-corrected chi connectivity index (χ1v) is 9.10. The Morgan fingerprint density at radius 2 is 1.70 bits per heavy atom. The number of nitrogens with two attached hydrogens (primary N) is 3. The summed E-state index contributed by atoms with van der Waals surface area (Å²) in [6.07, 6.45) is 1.31. The largest absolute Gasteiger partial charge is 0.345 e. The quantitative estimate of drug-likeness (QED) is 0.0524. The molecule has 0 aromatic rings. The van der Waals surface area contributed by atoms with Crippen LogP contribution in [-0.4, -0.2) is 66.4 Å². The molecular formula is C15H30N7O4S+. The molecule has 10 N–H and O–H groups in total. The van der Waals surface area contributed by atoms with E-state index in [1.54, 1.807) is 0 Å². The molecule has 0 saturated heterocycles. The molecule has 0 aromatic heterocycles. The van der Waals surface area contributed by atoms with Crippen LogP contribution in [0.1, 0.15) is 26.7 Å². The zero-order valence-electron chi connectivity index (χ0n) is 15.5. The van der Waals surface area contributed by atoms with E-state index in [2.05, 4.69) is 33.6 Å². The van der Waals surface area contributed by atoms with Gasteiger partial charge >= 0.3 is 5.96 Å². The molecule has 0 spiro atoms. The molecule has 0 saturated carbocycles. The summed E-state index contributed by atoms with van der Waals surface area (Å²) in [5.41, 5.74) is 16.1. The Kier molecular flexibility index (Phi) is 11.8. The van der Waals surface area contributed by atoms with E-state index in [0.717, 1.165) is 0 Å². The van der Waals surface area contributed by atoms with Crippen LogP contribution in [-0.2, 0) is 19.2 Å². The summed E-state index contributed by atoms with van der Waals surface area (Å²) in [4.78, 5) is 49.8. The lowest BCUT2D eigenvalue weighted by molar-refractivity contribution is -0.459. The predicted octanol–water partition coefficient (Wildman–Crippen LogP) is -4.93. The SMILES string of the molecule is C[C@H](NC(=O)[C@@H](N)CS)C(=O)N[C@@H](CCC[NH+]=C(N)N)C(=O)N[C@@H](C)C=O. The number of carbonyl (C=O) groups excluding carboxylic acids is 4. The smallest absolute Gasteiger partial charge is 0.338 e. The summed E-state index contributed by atoms with van der Waals surface area (Å²) in [5.74, 6) is -1.43. The molecule has 0 aliphatic carbocycles. The molecule has 0 unspecified atom stereocenters. The summed E-state index contributed by atoms with van der Waals surface area (Å²) < 4.78 is 0. The Balaban J connectivity index is 4.90. The fourth-order valence-corrected chi connectivity index (χ4v) is 2.10. The normalized spacial score (nSPS) is 14.8. The average Bonchev–Trinajstić information content (AvgIpc) is 2.62. The molecule has 0 bridgehead atoms. The van der Waals surface area contributed by atoms with Gasteiger partial charge in [-0.15, -0.1) is 0 Å². The van der Waals surface area contributed by atoms with Gasteiger partial charge in [0.2, 0.25) is 17.7 Å². The van der Waals surface area contributed by atoms with Crippen molar-refractivity contribution in [2.24, 2.45) is 17.2 Å². The van der Waals surface area contributed by atoms with E-state index in [-0.39, 0.29) is 18.1 Å². The summed E-state index contributed by atoms with van der Waals surface area (Å²) in [5, 5.41) is 7.48. The van der Waals surface area contributed by atoms with E-state index in [1.807, 2.05) is 0 Å². The number of thiol groups is 1. The molecular weight excluding hydrogens is 374 g/mol. The number of guanidine groups is 1. The zero-order chi connectivity index (χ0) is 21.0. The third-order valence-electron chi connectivity index (χ3n) is 3.49. The van der Waals surface area contributed by atoms with Crippen molar-refractivity contribution in [2.45, 2.75) is 50.9 Å². The topological polar surface area (TPSA) is 196 Å². The maximum absolute atomic E-state index is 12.3. The Morgan fingerprint density at radius 3 is 2.22 bits per heavy atom. The molecule has 11 nitrogen and oxygen atoms in total. The minimum absolute atomic E-state index is 0.0477. The van der Waals surface area contributed by atoms with E-state index in [1.165, 1.54) is 13.8 Å². The second kappa shape index (κ2) is 12.9. The number of amides is 3. The Morgan fingerprint density at radius 1 is 1.07 bits per heavy atom. The summed E-state index contributed by atoms with van der Waals surface area (Å²) in [6, 6.07) is -3.36. The Hall–Kier alpha value is -2.34. The van der Waals surface area contributed by atoms with Gasteiger partial charge in [0.1, 0.15) is 18.4 Å². The average molecular weight is 405 g/mol. The minimum Gasteiger partial charge on any atom is -0.345 e. The van der Waals surface area contributed by atoms with Crippen LogP contribution < -0.4 is 38.1 Å². The number of rotatable bonds is 12. The highest BCUT2D eigenvalue weighted by molar-refractivity contribution is 7.80. The van der Waals surface area contributed by atoms with Crippen LogP contribution >= 0.6 is 12.6 Å². The van der Waals surface area contributed by atoms with Crippen molar-refractivity contribution in [1.82, 2.24) is 16.0 Å². The molecule has 0 fully saturated rings. The van der Waals surface area contributed by atoms with Crippen LogP contribution in [0.5, 0.6) is 0 Å². The van der Waals surface area contributed by atoms with Gasteiger partial charge in [0.25, 0.3) is 0 Å². The van der Waals surface area contributed by atoms with E-state index < -0.39 is 41.9 Å². The van der Waals surface area contributed by atoms with Gasteiger partial charge in [-0.05, 0) is 26.7 Å². The first kappa shape index (κ1) is 24.7. The van der Waals surface area contributed by atoms with Gasteiger partial charge < -0.3 is 26.5 Å². The molecule has 27 heavy (non-hydrogen) atoms. The fraction of sp³-hybridized carbons (Fsp3) is 0.667. The van der Waals surface area contributed by atoms with Gasteiger partial charge in [-0.3, -0.25) is 30.8 Å². The molecule has 3 amide bonds. The molecule has 0 aromatic carbocycles. The first-order chi connectivity index (χ1) is 12.6.